The number of rotatable bonds is 3. The van der Waals surface area contributed by atoms with Crippen LogP contribution in [-0.4, -0.2) is 48.4 Å². The third-order valence-electron chi connectivity index (χ3n) is 3.38. The Balaban J connectivity index is 1.88. The van der Waals surface area contributed by atoms with Crippen LogP contribution in [0, 0.1) is 0 Å². The largest absolute Gasteiger partial charge is 0.345 e. The molecule has 1 aromatic rings. The summed E-state index contributed by atoms with van der Waals surface area (Å²) in [7, 11) is -2.97. The summed E-state index contributed by atoms with van der Waals surface area (Å²) in [6, 6.07) is 3.76. The lowest BCUT2D eigenvalue weighted by molar-refractivity contribution is -0.132. The zero-order valence-electron chi connectivity index (χ0n) is 10.4. The zero-order valence-corrected chi connectivity index (χ0v) is 11.3. The molecule has 5 nitrogen and oxygen atoms in total. The molecular formula is C12H18N2O3S. The van der Waals surface area contributed by atoms with Crippen LogP contribution in [-0.2, 0) is 21.2 Å². The van der Waals surface area contributed by atoms with Crippen LogP contribution in [0.15, 0.2) is 24.5 Å². The van der Waals surface area contributed by atoms with E-state index in [0.717, 1.165) is 0 Å². The van der Waals surface area contributed by atoms with Gasteiger partial charge in [0.1, 0.15) is 16.4 Å². The average Bonchev–Trinajstić information content (AvgIpc) is 2.81. The number of hydrogen-bond donors (Lipinski definition) is 0. The van der Waals surface area contributed by atoms with Gasteiger partial charge in [-0.05, 0) is 25.0 Å². The summed E-state index contributed by atoms with van der Waals surface area (Å²) < 4.78 is 24.6. The topological polar surface area (TPSA) is 59.4 Å². The van der Waals surface area contributed by atoms with E-state index in [9.17, 15) is 13.2 Å². The molecule has 0 aliphatic carbocycles. The Morgan fingerprint density at radius 2 is 1.78 bits per heavy atom. The third kappa shape index (κ3) is 3.13. The monoisotopic (exact) mass is 270 g/mol. The fourth-order valence-electron chi connectivity index (χ4n) is 2.27. The van der Waals surface area contributed by atoms with Gasteiger partial charge in [0.15, 0.2) is 0 Å². The molecule has 18 heavy (non-hydrogen) atoms. The van der Waals surface area contributed by atoms with Crippen molar-refractivity contribution in [3.05, 3.63) is 24.5 Å². The fraction of sp³-hybridized carbons (Fsp3) is 0.583. The maximum Gasteiger partial charge on any atom is 0.242 e. The van der Waals surface area contributed by atoms with Crippen LogP contribution in [0.2, 0.25) is 0 Å². The van der Waals surface area contributed by atoms with Crippen LogP contribution >= 0.6 is 0 Å². The summed E-state index contributed by atoms with van der Waals surface area (Å²) in [6.07, 6.45) is 6.07. The molecule has 0 bridgehead atoms. The lowest BCUT2D eigenvalue weighted by Gasteiger charge is -2.31. The second kappa shape index (κ2) is 5.14. The number of likely N-dealkylation sites (tertiary alicyclic amines) is 1. The minimum atomic E-state index is -2.97. The maximum absolute atomic E-state index is 12.0. The van der Waals surface area contributed by atoms with E-state index < -0.39 is 9.84 Å². The first kappa shape index (κ1) is 13.1. The predicted octanol–water partition coefficient (Wildman–Crippen LogP) is 0.524. The Hall–Kier alpha value is -1.30. The van der Waals surface area contributed by atoms with E-state index in [1.165, 1.54) is 6.26 Å². The normalized spacial score (nSPS) is 17.9. The first-order valence-corrected chi connectivity index (χ1v) is 7.99. The molecule has 1 saturated heterocycles. The summed E-state index contributed by atoms with van der Waals surface area (Å²) in [4.78, 5) is 13.7. The van der Waals surface area contributed by atoms with Crippen molar-refractivity contribution in [1.29, 1.82) is 0 Å². The van der Waals surface area contributed by atoms with Crippen LogP contribution < -0.4 is 0 Å². The number of aromatic nitrogens is 1. The smallest absolute Gasteiger partial charge is 0.242 e. The standard InChI is InChI=1S/C12H18N2O3S/c1-18(16,17)11-4-8-14(9-5-11)12(15)10-13-6-2-3-7-13/h2-3,6-7,11H,4-5,8-10H2,1H3. The maximum atomic E-state index is 12.0. The van der Waals surface area contributed by atoms with Crippen molar-refractivity contribution in [2.75, 3.05) is 19.3 Å². The molecule has 100 valence electrons. The SMILES string of the molecule is CS(=O)(=O)C1CCN(C(=O)Cn2cccc2)CC1. The van der Waals surface area contributed by atoms with E-state index in [1.807, 2.05) is 29.1 Å². The van der Waals surface area contributed by atoms with Gasteiger partial charge in [0.05, 0.1) is 5.25 Å². The van der Waals surface area contributed by atoms with Gasteiger partial charge < -0.3 is 9.47 Å². The molecule has 0 saturated carbocycles. The molecule has 0 atom stereocenters. The zero-order chi connectivity index (χ0) is 13.2. The van der Waals surface area contributed by atoms with Gasteiger partial charge in [-0.2, -0.15) is 0 Å². The van der Waals surface area contributed by atoms with Gasteiger partial charge in [-0.1, -0.05) is 0 Å². The minimum absolute atomic E-state index is 0.0538. The molecule has 0 N–H and O–H groups in total. The quantitative estimate of drug-likeness (QED) is 0.804. The van der Waals surface area contributed by atoms with Crippen molar-refractivity contribution < 1.29 is 13.2 Å². The summed E-state index contributed by atoms with van der Waals surface area (Å²) in [6.45, 7) is 1.41. The molecule has 2 rings (SSSR count). The number of sulfone groups is 1. The van der Waals surface area contributed by atoms with E-state index >= 15 is 0 Å². The van der Waals surface area contributed by atoms with Crippen LogP contribution in [0.4, 0.5) is 0 Å². The van der Waals surface area contributed by atoms with Crippen molar-refractivity contribution in [3.63, 3.8) is 0 Å². The molecule has 6 heteroatoms. The van der Waals surface area contributed by atoms with Gasteiger partial charge in [0.25, 0.3) is 0 Å². The fourth-order valence-corrected chi connectivity index (χ4v) is 3.33. The van der Waals surface area contributed by atoms with Gasteiger partial charge in [0, 0.05) is 31.7 Å². The highest BCUT2D eigenvalue weighted by atomic mass is 32.2. The lowest BCUT2D eigenvalue weighted by atomic mass is 10.1. The number of hydrogen-bond acceptors (Lipinski definition) is 3. The Labute approximate surface area is 107 Å². The van der Waals surface area contributed by atoms with Gasteiger partial charge in [0.2, 0.25) is 5.91 Å². The number of amides is 1. The van der Waals surface area contributed by atoms with Gasteiger partial charge in [-0.15, -0.1) is 0 Å². The highest BCUT2D eigenvalue weighted by Crippen LogP contribution is 2.17. The van der Waals surface area contributed by atoms with Crippen LogP contribution in [0.1, 0.15) is 12.8 Å². The highest BCUT2D eigenvalue weighted by molar-refractivity contribution is 7.91. The molecule has 1 aromatic heterocycles. The summed E-state index contributed by atoms with van der Waals surface area (Å²) in [5, 5.41) is -0.284. The van der Waals surface area contributed by atoms with Crippen molar-refractivity contribution in [2.24, 2.45) is 0 Å². The molecule has 1 fully saturated rings. The molecule has 2 heterocycles. The Kier molecular flexibility index (Phi) is 3.75. The number of carbonyl (C=O) groups excluding carboxylic acids is 1. The van der Waals surface area contributed by atoms with E-state index in [2.05, 4.69) is 0 Å². The highest BCUT2D eigenvalue weighted by Gasteiger charge is 2.28. The lowest BCUT2D eigenvalue weighted by Crippen LogP contribution is -2.43. The van der Waals surface area contributed by atoms with Gasteiger partial charge in [-0.25, -0.2) is 8.42 Å². The number of nitrogens with zero attached hydrogens (tertiary/aromatic N) is 2. The Bertz CT molecular complexity index is 499. The number of carbonyl (C=O) groups is 1. The molecule has 0 radical (unpaired) electrons. The first-order valence-electron chi connectivity index (χ1n) is 6.04. The van der Waals surface area contributed by atoms with Crippen LogP contribution in [0.25, 0.3) is 0 Å². The van der Waals surface area contributed by atoms with Crippen LogP contribution in [0.3, 0.4) is 0 Å². The van der Waals surface area contributed by atoms with Crippen molar-refractivity contribution in [3.8, 4) is 0 Å². The minimum Gasteiger partial charge on any atom is -0.345 e. The van der Waals surface area contributed by atoms with E-state index in [1.54, 1.807) is 4.90 Å². The van der Waals surface area contributed by atoms with Crippen molar-refractivity contribution in [2.45, 2.75) is 24.6 Å². The second-order valence-corrected chi connectivity index (χ2v) is 7.09. The van der Waals surface area contributed by atoms with Gasteiger partial charge >= 0.3 is 0 Å². The summed E-state index contributed by atoms with van der Waals surface area (Å²) in [5.74, 6) is 0.0538. The first-order chi connectivity index (χ1) is 8.47. The molecule has 1 aliphatic rings. The van der Waals surface area contributed by atoms with Gasteiger partial charge in [-0.3, -0.25) is 4.79 Å². The molecule has 1 aliphatic heterocycles. The Morgan fingerprint density at radius 1 is 1.22 bits per heavy atom. The van der Waals surface area contributed by atoms with Crippen molar-refractivity contribution in [1.82, 2.24) is 9.47 Å². The van der Waals surface area contributed by atoms with E-state index in [4.69, 9.17) is 0 Å². The average molecular weight is 270 g/mol. The third-order valence-corrected chi connectivity index (χ3v) is 5.07. The van der Waals surface area contributed by atoms with Crippen molar-refractivity contribution >= 4 is 15.7 Å². The molecular weight excluding hydrogens is 252 g/mol. The molecule has 1 amide bonds. The van der Waals surface area contributed by atoms with E-state index in [-0.39, 0.29) is 11.2 Å². The number of piperidine rings is 1. The molecule has 0 aromatic carbocycles. The second-order valence-electron chi connectivity index (χ2n) is 4.77. The summed E-state index contributed by atoms with van der Waals surface area (Å²) >= 11 is 0. The molecule has 0 spiro atoms. The van der Waals surface area contributed by atoms with E-state index in [0.29, 0.717) is 32.5 Å². The predicted molar refractivity (Wildman–Crippen MR) is 68.9 cm³/mol. The summed E-state index contributed by atoms with van der Waals surface area (Å²) in [5.41, 5.74) is 0. The molecule has 0 unspecified atom stereocenters. The van der Waals surface area contributed by atoms with Crippen LogP contribution in [0.5, 0.6) is 0 Å². The Morgan fingerprint density at radius 3 is 2.28 bits per heavy atom.